The second-order valence-electron chi connectivity index (χ2n) is 6.41. The lowest BCUT2D eigenvalue weighted by Crippen LogP contribution is -2.21. The highest BCUT2D eigenvalue weighted by molar-refractivity contribution is 6.31. The first-order valence-corrected chi connectivity index (χ1v) is 7.95. The van der Waals surface area contributed by atoms with Crippen molar-refractivity contribution in [3.63, 3.8) is 0 Å². The van der Waals surface area contributed by atoms with Crippen LogP contribution in [0.2, 0.25) is 5.02 Å². The van der Waals surface area contributed by atoms with Crippen LogP contribution in [0.25, 0.3) is 0 Å². The summed E-state index contributed by atoms with van der Waals surface area (Å²) >= 11 is 6.23. The normalized spacial score (nSPS) is 30.8. The molecule has 2 saturated carbocycles. The molecule has 0 spiro atoms. The number of halogens is 1. The summed E-state index contributed by atoms with van der Waals surface area (Å²) in [6, 6.07) is 4.94. The molecule has 2 aliphatic carbocycles. The first-order valence-electron chi connectivity index (χ1n) is 7.57. The minimum Gasteiger partial charge on any atom is -0.313 e. The van der Waals surface area contributed by atoms with Gasteiger partial charge in [0.2, 0.25) is 0 Å². The van der Waals surface area contributed by atoms with E-state index < -0.39 is 0 Å². The van der Waals surface area contributed by atoms with Gasteiger partial charge in [0.05, 0.1) is 0 Å². The summed E-state index contributed by atoms with van der Waals surface area (Å²) in [4.78, 5) is 0. The lowest BCUT2D eigenvalue weighted by atomic mass is 9.94. The van der Waals surface area contributed by atoms with Gasteiger partial charge in [-0.3, -0.25) is 0 Å². The van der Waals surface area contributed by atoms with Crippen molar-refractivity contribution in [2.45, 2.75) is 45.6 Å². The van der Waals surface area contributed by atoms with Gasteiger partial charge in [-0.1, -0.05) is 30.5 Å². The second kappa shape index (κ2) is 5.10. The zero-order valence-corrected chi connectivity index (χ0v) is 12.9. The monoisotopic (exact) mass is 277 g/mol. The third-order valence-electron chi connectivity index (χ3n) is 5.30. The van der Waals surface area contributed by atoms with E-state index in [0.29, 0.717) is 6.04 Å². The van der Waals surface area contributed by atoms with Gasteiger partial charge in [0.25, 0.3) is 0 Å². The van der Waals surface area contributed by atoms with Crippen LogP contribution in [0.5, 0.6) is 0 Å². The van der Waals surface area contributed by atoms with Crippen molar-refractivity contribution in [2.75, 3.05) is 7.05 Å². The predicted octanol–water partition coefficient (Wildman–Crippen LogP) is 4.65. The van der Waals surface area contributed by atoms with E-state index in [1.165, 1.54) is 42.4 Å². The Kier molecular flexibility index (Phi) is 3.61. The summed E-state index contributed by atoms with van der Waals surface area (Å²) in [6.45, 7) is 4.30. The zero-order valence-electron chi connectivity index (χ0n) is 12.2. The highest BCUT2D eigenvalue weighted by Gasteiger charge is 2.54. The lowest BCUT2D eigenvalue weighted by Gasteiger charge is -2.20. The number of hydrogen-bond donors (Lipinski definition) is 1. The standard InChI is InChI=1S/C17H24ClN/c1-10-9-15(18)11(2)8-14(10)17(19-3)16-12-6-4-5-7-13(12)16/h8-9,12-13,16-17,19H,4-7H2,1-3H3. The van der Waals surface area contributed by atoms with E-state index in [2.05, 4.69) is 38.3 Å². The van der Waals surface area contributed by atoms with E-state index in [4.69, 9.17) is 11.6 Å². The molecule has 1 nitrogen and oxygen atoms in total. The van der Waals surface area contributed by atoms with Gasteiger partial charge >= 0.3 is 0 Å². The number of benzene rings is 1. The molecule has 19 heavy (non-hydrogen) atoms. The quantitative estimate of drug-likeness (QED) is 0.848. The molecule has 0 heterocycles. The fourth-order valence-electron chi connectivity index (χ4n) is 4.24. The van der Waals surface area contributed by atoms with Crippen LogP contribution in [-0.4, -0.2) is 7.05 Å². The van der Waals surface area contributed by atoms with E-state index in [9.17, 15) is 0 Å². The Hall–Kier alpha value is -0.530. The molecule has 1 aromatic rings. The largest absolute Gasteiger partial charge is 0.313 e. The maximum absolute atomic E-state index is 6.23. The van der Waals surface area contributed by atoms with Gasteiger partial charge in [-0.2, -0.15) is 0 Å². The van der Waals surface area contributed by atoms with Gasteiger partial charge in [-0.05, 0) is 74.2 Å². The second-order valence-corrected chi connectivity index (χ2v) is 6.82. The van der Waals surface area contributed by atoms with Crippen LogP contribution in [0.15, 0.2) is 12.1 Å². The van der Waals surface area contributed by atoms with Gasteiger partial charge in [-0.25, -0.2) is 0 Å². The molecule has 1 aromatic carbocycles. The number of nitrogens with one attached hydrogen (secondary N) is 1. The van der Waals surface area contributed by atoms with Crippen molar-refractivity contribution >= 4 is 11.6 Å². The molecular weight excluding hydrogens is 254 g/mol. The fourth-order valence-corrected chi connectivity index (χ4v) is 4.45. The van der Waals surface area contributed by atoms with Gasteiger partial charge < -0.3 is 5.32 Å². The van der Waals surface area contributed by atoms with Crippen molar-refractivity contribution in [3.8, 4) is 0 Å². The van der Waals surface area contributed by atoms with Gasteiger partial charge in [0.15, 0.2) is 0 Å². The van der Waals surface area contributed by atoms with Gasteiger partial charge in [0, 0.05) is 11.1 Å². The molecule has 2 aliphatic rings. The van der Waals surface area contributed by atoms with E-state index in [-0.39, 0.29) is 0 Å². The average Bonchev–Trinajstić information content (AvgIpc) is 3.11. The van der Waals surface area contributed by atoms with E-state index in [1.54, 1.807) is 0 Å². The molecular formula is C17H24ClN. The number of fused-ring (bicyclic) bond motifs is 1. The molecule has 0 aromatic heterocycles. The number of hydrogen-bond acceptors (Lipinski definition) is 1. The Morgan fingerprint density at radius 3 is 2.32 bits per heavy atom. The maximum atomic E-state index is 6.23. The smallest absolute Gasteiger partial charge is 0.0438 e. The summed E-state index contributed by atoms with van der Waals surface area (Å²) in [5.74, 6) is 2.80. The highest BCUT2D eigenvalue weighted by Crippen LogP contribution is 2.60. The van der Waals surface area contributed by atoms with Crippen LogP contribution < -0.4 is 5.32 Å². The van der Waals surface area contributed by atoms with Gasteiger partial charge in [0.1, 0.15) is 0 Å². The predicted molar refractivity (Wildman–Crippen MR) is 81.7 cm³/mol. The van der Waals surface area contributed by atoms with Crippen molar-refractivity contribution < 1.29 is 0 Å². The molecule has 2 fully saturated rings. The Morgan fingerprint density at radius 1 is 1.11 bits per heavy atom. The molecule has 0 amide bonds. The molecule has 0 aliphatic heterocycles. The van der Waals surface area contributed by atoms with E-state index >= 15 is 0 Å². The zero-order chi connectivity index (χ0) is 13.6. The maximum Gasteiger partial charge on any atom is 0.0438 e. The van der Waals surface area contributed by atoms with Gasteiger partial charge in [-0.15, -0.1) is 0 Å². The number of aryl methyl sites for hydroxylation is 2. The van der Waals surface area contributed by atoms with E-state index in [1.807, 2.05) is 0 Å². The molecule has 0 bridgehead atoms. The Bertz CT molecular complexity index is 470. The SMILES string of the molecule is CNC(c1cc(C)c(Cl)cc1C)C1C2CCCCC21. The first kappa shape index (κ1) is 13.5. The summed E-state index contributed by atoms with van der Waals surface area (Å²) < 4.78 is 0. The Labute approximate surface area is 121 Å². The summed E-state index contributed by atoms with van der Waals surface area (Å²) in [5.41, 5.74) is 3.99. The third kappa shape index (κ3) is 2.32. The summed E-state index contributed by atoms with van der Waals surface area (Å²) in [5, 5.41) is 4.47. The van der Waals surface area contributed by atoms with Crippen LogP contribution in [0.4, 0.5) is 0 Å². The molecule has 2 heteroatoms. The minimum atomic E-state index is 0.518. The van der Waals surface area contributed by atoms with Crippen LogP contribution in [0.1, 0.15) is 48.4 Å². The molecule has 1 N–H and O–H groups in total. The molecule has 3 rings (SSSR count). The van der Waals surface area contributed by atoms with Crippen LogP contribution in [0.3, 0.4) is 0 Å². The molecule has 3 atom stereocenters. The molecule has 0 saturated heterocycles. The topological polar surface area (TPSA) is 12.0 Å². The summed E-state index contributed by atoms with van der Waals surface area (Å²) in [7, 11) is 2.11. The van der Waals surface area contributed by atoms with Crippen LogP contribution in [-0.2, 0) is 0 Å². The third-order valence-corrected chi connectivity index (χ3v) is 5.71. The van der Waals surface area contributed by atoms with Crippen molar-refractivity contribution in [2.24, 2.45) is 17.8 Å². The molecule has 104 valence electrons. The van der Waals surface area contributed by atoms with Crippen LogP contribution >= 0.6 is 11.6 Å². The van der Waals surface area contributed by atoms with Crippen molar-refractivity contribution in [1.29, 1.82) is 0 Å². The molecule has 3 unspecified atom stereocenters. The minimum absolute atomic E-state index is 0.518. The number of rotatable bonds is 3. The Balaban J connectivity index is 1.89. The van der Waals surface area contributed by atoms with E-state index in [0.717, 1.165) is 22.8 Å². The first-order chi connectivity index (χ1) is 9.13. The fraction of sp³-hybridized carbons (Fsp3) is 0.647. The average molecular weight is 278 g/mol. The lowest BCUT2D eigenvalue weighted by molar-refractivity contribution is 0.480. The Morgan fingerprint density at radius 2 is 1.74 bits per heavy atom. The van der Waals surface area contributed by atoms with Crippen molar-refractivity contribution in [1.82, 2.24) is 5.32 Å². The van der Waals surface area contributed by atoms with Crippen LogP contribution in [0, 0.1) is 31.6 Å². The highest BCUT2D eigenvalue weighted by atomic mass is 35.5. The molecule has 0 radical (unpaired) electrons. The van der Waals surface area contributed by atoms with Crippen molar-refractivity contribution in [3.05, 3.63) is 33.8 Å². The summed E-state index contributed by atoms with van der Waals surface area (Å²) in [6.07, 6.45) is 5.76.